The Kier molecular flexibility index (Phi) is 10.9. The van der Waals surface area contributed by atoms with Crippen LogP contribution >= 0.6 is 24.0 Å². The highest BCUT2D eigenvalue weighted by molar-refractivity contribution is 14.0. The molecule has 0 bridgehead atoms. The predicted octanol–water partition coefficient (Wildman–Crippen LogP) is 3.47. The van der Waals surface area contributed by atoms with Gasteiger partial charge in [0.25, 0.3) is 0 Å². The van der Waals surface area contributed by atoms with E-state index in [-0.39, 0.29) is 29.7 Å². The Morgan fingerprint density at radius 2 is 2.15 bits per heavy atom. The third kappa shape index (κ3) is 7.65. The quantitative estimate of drug-likeness (QED) is 0.243. The zero-order valence-electron chi connectivity index (χ0n) is 15.8. The topological polar surface area (TPSA) is 59.9 Å². The van der Waals surface area contributed by atoms with E-state index in [0.717, 1.165) is 37.6 Å². The molecule has 7 heteroatoms. The average Bonchev–Trinajstić information content (AvgIpc) is 2.60. The van der Waals surface area contributed by atoms with E-state index in [9.17, 15) is 9.50 Å². The standard InChI is InChI=1S/C19H31FN4O.HI/c1-3-21-19(23-14-16-8-9-18(25)17(20)13-16)22-10-6-12-24-11-5-4-7-15(24)2;/h8-9,13,15,25H,3-7,10-12,14H2,1-2H3,(H2,21,22,23);1H. The number of aromatic hydroxyl groups is 1. The summed E-state index contributed by atoms with van der Waals surface area (Å²) in [4.78, 5) is 7.05. The summed E-state index contributed by atoms with van der Waals surface area (Å²) in [5, 5.41) is 15.8. The number of aliphatic imine (C=N–C) groups is 1. The van der Waals surface area contributed by atoms with Crippen molar-refractivity contribution in [2.75, 3.05) is 26.2 Å². The molecule has 1 aliphatic heterocycles. The maximum absolute atomic E-state index is 13.4. The van der Waals surface area contributed by atoms with Crippen LogP contribution in [0.25, 0.3) is 0 Å². The van der Waals surface area contributed by atoms with Gasteiger partial charge in [0.2, 0.25) is 0 Å². The van der Waals surface area contributed by atoms with Crippen LogP contribution in [0.4, 0.5) is 4.39 Å². The summed E-state index contributed by atoms with van der Waals surface area (Å²) >= 11 is 0. The van der Waals surface area contributed by atoms with Gasteiger partial charge in [0.05, 0.1) is 6.54 Å². The lowest BCUT2D eigenvalue weighted by Crippen LogP contribution is -2.41. The number of hydrogen-bond acceptors (Lipinski definition) is 3. The number of benzene rings is 1. The molecular weight excluding hydrogens is 446 g/mol. The van der Waals surface area contributed by atoms with E-state index in [1.165, 1.54) is 37.9 Å². The van der Waals surface area contributed by atoms with Gasteiger partial charge in [-0.15, -0.1) is 24.0 Å². The average molecular weight is 478 g/mol. The van der Waals surface area contributed by atoms with Crippen molar-refractivity contribution in [2.45, 2.75) is 52.1 Å². The van der Waals surface area contributed by atoms with Crippen LogP contribution in [-0.4, -0.2) is 48.2 Å². The number of piperidine rings is 1. The Bertz CT molecular complexity index is 570. The second-order valence-electron chi connectivity index (χ2n) is 6.64. The lowest BCUT2D eigenvalue weighted by Gasteiger charge is -2.33. The minimum absolute atomic E-state index is 0. The van der Waals surface area contributed by atoms with Crippen LogP contribution in [0.15, 0.2) is 23.2 Å². The van der Waals surface area contributed by atoms with E-state index in [1.807, 2.05) is 6.92 Å². The van der Waals surface area contributed by atoms with Crippen molar-refractivity contribution in [1.29, 1.82) is 0 Å². The van der Waals surface area contributed by atoms with Crippen LogP contribution in [0.1, 0.15) is 45.1 Å². The summed E-state index contributed by atoms with van der Waals surface area (Å²) in [6.45, 7) is 8.66. The summed E-state index contributed by atoms with van der Waals surface area (Å²) in [6.07, 6.45) is 5.04. The molecule has 1 atom stereocenters. The van der Waals surface area contributed by atoms with Crippen molar-refractivity contribution < 1.29 is 9.50 Å². The molecule has 1 aromatic rings. The minimum atomic E-state index is -0.610. The molecule has 0 amide bonds. The van der Waals surface area contributed by atoms with Gasteiger partial charge in [-0.2, -0.15) is 0 Å². The van der Waals surface area contributed by atoms with Crippen LogP contribution in [0.5, 0.6) is 5.75 Å². The summed E-state index contributed by atoms with van der Waals surface area (Å²) in [6, 6.07) is 5.06. The number of guanidine groups is 1. The molecule has 0 saturated carbocycles. The second kappa shape index (κ2) is 12.3. The molecule has 3 N–H and O–H groups in total. The molecular formula is C19H32FIN4O. The molecule has 0 radical (unpaired) electrons. The summed E-state index contributed by atoms with van der Waals surface area (Å²) in [5.41, 5.74) is 0.731. The number of halogens is 2. The lowest BCUT2D eigenvalue weighted by atomic mass is 10.0. The van der Waals surface area contributed by atoms with Gasteiger partial charge in [-0.1, -0.05) is 12.5 Å². The molecule has 1 aromatic carbocycles. The Morgan fingerprint density at radius 3 is 2.85 bits per heavy atom. The number of nitrogens with zero attached hydrogens (tertiary/aromatic N) is 2. The van der Waals surface area contributed by atoms with Gasteiger partial charge in [0.1, 0.15) is 0 Å². The molecule has 26 heavy (non-hydrogen) atoms. The Balaban J connectivity index is 0.00000338. The molecule has 1 unspecified atom stereocenters. The van der Waals surface area contributed by atoms with Gasteiger partial charge < -0.3 is 20.6 Å². The van der Waals surface area contributed by atoms with E-state index in [2.05, 4.69) is 27.4 Å². The van der Waals surface area contributed by atoms with Gasteiger partial charge in [-0.05, 0) is 57.4 Å². The minimum Gasteiger partial charge on any atom is -0.505 e. The lowest BCUT2D eigenvalue weighted by molar-refractivity contribution is 0.159. The molecule has 0 aromatic heterocycles. The summed E-state index contributed by atoms with van der Waals surface area (Å²) < 4.78 is 13.4. The highest BCUT2D eigenvalue weighted by Gasteiger charge is 2.17. The number of phenolic OH excluding ortho intramolecular Hbond substituents is 1. The molecule has 1 fully saturated rings. The molecule has 1 aliphatic rings. The fourth-order valence-corrected chi connectivity index (χ4v) is 3.14. The first-order valence-corrected chi connectivity index (χ1v) is 9.33. The number of nitrogens with one attached hydrogen (secondary N) is 2. The van der Waals surface area contributed by atoms with Gasteiger partial charge >= 0.3 is 0 Å². The van der Waals surface area contributed by atoms with Crippen LogP contribution in [0.2, 0.25) is 0 Å². The first-order chi connectivity index (χ1) is 12.1. The molecule has 2 rings (SSSR count). The summed E-state index contributed by atoms with van der Waals surface area (Å²) in [5.74, 6) is -0.200. The molecule has 148 valence electrons. The van der Waals surface area contributed by atoms with Crippen molar-refractivity contribution >= 4 is 29.9 Å². The Morgan fingerprint density at radius 1 is 1.35 bits per heavy atom. The van der Waals surface area contributed by atoms with E-state index in [0.29, 0.717) is 12.6 Å². The fourth-order valence-electron chi connectivity index (χ4n) is 3.14. The number of hydrogen-bond donors (Lipinski definition) is 3. The summed E-state index contributed by atoms with van der Waals surface area (Å²) in [7, 11) is 0. The third-order valence-corrected chi connectivity index (χ3v) is 4.63. The Hall–Kier alpha value is -1.09. The van der Waals surface area contributed by atoms with Crippen LogP contribution in [-0.2, 0) is 6.54 Å². The highest BCUT2D eigenvalue weighted by atomic mass is 127. The van der Waals surface area contributed by atoms with E-state index in [1.54, 1.807) is 6.07 Å². The zero-order chi connectivity index (χ0) is 18.1. The van der Waals surface area contributed by atoms with Crippen molar-refractivity contribution in [1.82, 2.24) is 15.5 Å². The fraction of sp³-hybridized carbons (Fsp3) is 0.632. The van der Waals surface area contributed by atoms with Crippen molar-refractivity contribution in [3.63, 3.8) is 0 Å². The largest absolute Gasteiger partial charge is 0.505 e. The third-order valence-electron chi connectivity index (χ3n) is 4.63. The SMILES string of the molecule is CCNC(=NCc1ccc(O)c(F)c1)NCCCN1CCCCC1C.I. The Labute approximate surface area is 173 Å². The zero-order valence-corrected chi connectivity index (χ0v) is 18.1. The van der Waals surface area contributed by atoms with Crippen LogP contribution < -0.4 is 10.6 Å². The first-order valence-electron chi connectivity index (χ1n) is 9.33. The highest BCUT2D eigenvalue weighted by Crippen LogP contribution is 2.17. The number of likely N-dealkylation sites (tertiary alicyclic amines) is 1. The second-order valence-corrected chi connectivity index (χ2v) is 6.64. The van der Waals surface area contributed by atoms with Crippen molar-refractivity contribution in [3.05, 3.63) is 29.6 Å². The predicted molar refractivity (Wildman–Crippen MR) is 116 cm³/mol. The molecule has 0 spiro atoms. The van der Waals surface area contributed by atoms with Gasteiger partial charge in [0, 0.05) is 25.7 Å². The molecule has 1 saturated heterocycles. The van der Waals surface area contributed by atoms with Crippen molar-refractivity contribution in [2.24, 2.45) is 4.99 Å². The monoisotopic (exact) mass is 478 g/mol. The normalized spacial score (nSPS) is 18.3. The number of rotatable bonds is 7. The van der Waals surface area contributed by atoms with Crippen LogP contribution in [0, 0.1) is 5.82 Å². The van der Waals surface area contributed by atoms with Gasteiger partial charge in [-0.3, -0.25) is 0 Å². The van der Waals surface area contributed by atoms with E-state index in [4.69, 9.17) is 0 Å². The first kappa shape index (κ1) is 23.0. The maximum atomic E-state index is 13.4. The maximum Gasteiger partial charge on any atom is 0.191 e. The molecule has 5 nitrogen and oxygen atoms in total. The molecule has 0 aliphatic carbocycles. The van der Waals surface area contributed by atoms with Crippen LogP contribution in [0.3, 0.4) is 0 Å². The van der Waals surface area contributed by atoms with E-state index >= 15 is 0 Å². The van der Waals surface area contributed by atoms with Gasteiger partial charge in [0.15, 0.2) is 17.5 Å². The molecule has 1 heterocycles. The number of phenols is 1. The smallest absolute Gasteiger partial charge is 0.191 e. The van der Waals surface area contributed by atoms with Crippen molar-refractivity contribution in [3.8, 4) is 5.75 Å². The van der Waals surface area contributed by atoms with E-state index < -0.39 is 5.82 Å². The van der Waals surface area contributed by atoms with Gasteiger partial charge in [-0.25, -0.2) is 9.38 Å².